The minimum atomic E-state index is -0.0323. The van der Waals surface area contributed by atoms with Crippen LogP contribution in [0.15, 0.2) is 0 Å². The Hall–Kier alpha value is -0.550. The fraction of sp³-hybridized carbons (Fsp3) is 0.957. The quantitative estimate of drug-likeness (QED) is 0.649. The summed E-state index contributed by atoms with van der Waals surface area (Å²) in [5.74, 6) is 4.77. The molecule has 0 aromatic heterocycles. The molecule has 0 aromatic carbocycles. The van der Waals surface area contributed by atoms with E-state index in [0.717, 1.165) is 42.4 Å². The Labute approximate surface area is 153 Å². The van der Waals surface area contributed by atoms with Gasteiger partial charge >= 0.3 is 0 Å². The average molecular weight is 342 g/mol. The summed E-state index contributed by atoms with van der Waals surface area (Å²) >= 11 is 0. The first kappa shape index (κ1) is 16.6. The molecule has 0 radical (unpaired) electrons. The first-order chi connectivity index (χ1) is 12.1. The van der Waals surface area contributed by atoms with E-state index in [-0.39, 0.29) is 6.10 Å². The normalized spacial score (nSPS) is 57.6. The minimum Gasteiger partial charge on any atom is -0.393 e. The molecule has 1 N–H and O–H groups in total. The van der Waals surface area contributed by atoms with Crippen molar-refractivity contribution < 1.29 is 5.11 Å². The zero-order chi connectivity index (χ0) is 17.2. The summed E-state index contributed by atoms with van der Waals surface area (Å²) in [4.78, 5) is 0. The smallest absolute Gasteiger partial charge is 0.0656 e. The molecule has 2 nitrogen and oxygen atoms in total. The van der Waals surface area contributed by atoms with E-state index in [0.29, 0.717) is 16.7 Å². The van der Waals surface area contributed by atoms with Gasteiger partial charge in [0.05, 0.1) is 12.2 Å². The molecule has 5 fully saturated rings. The van der Waals surface area contributed by atoms with Crippen LogP contribution in [0.5, 0.6) is 0 Å². The molecule has 0 aromatic rings. The van der Waals surface area contributed by atoms with E-state index < -0.39 is 0 Å². The molecule has 9 atom stereocenters. The Morgan fingerprint density at radius 1 is 0.880 bits per heavy atom. The van der Waals surface area contributed by atoms with E-state index in [1.165, 1.54) is 64.2 Å². The van der Waals surface area contributed by atoms with Crippen molar-refractivity contribution in [3.63, 3.8) is 0 Å². The molecule has 25 heavy (non-hydrogen) atoms. The molecule has 0 saturated heterocycles. The third-order valence-corrected chi connectivity index (χ3v) is 10.2. The van der Waals surface area contributed by atoms with Gasteiger partial charge in [0.1, 0.15) is 0 Å². The van der Waals surface area contributed by atoms with Crippen molar-refractivity contribution >= 4 is 0 Å². The van der Waals surface area contributed by atoms with Gasteiger partial charge in [-0.05, 0) is 117 Å². The Bertz CT molecular complexity index is 581. The number of hydrogen-bond donors (Lipinski definition) is 1. The SMILES string of the molecule is C[C@]12CC[C@@H](O)C[C@@H]1CCC1C3CCC4CC[C@H](C#N)CC43CCC12. The highest BCUT2D eigenvalue weighted by Crippen LogP contribution is 2.70. The lowest BCUT2D eigenvalue weighted by molar-refractivity contribution is -0.138. The summed E-state index contributed by atoms with van der Waals surface area (Å²) < 4.78 is 0. The highest BCUT2D eigenvalue weighted by molar-refractivity contribution is 5.13. The third-order valence-electron chi connectivity index (χ3n) is 10.2. The monoisotopic (exact) mass is 341 g/mol. The van der Waals surface area contributed by atoms with Crippen LogP contribution in [0, 0.1) is 57.7 Å². The number of fused-ring (bicyclic) bond motifs is 4. The van der Waals surface area contributed by atoms with E-state index in [2.05, 4.69) is 13.0 Å². The Morgan fingerprint density at radius 3 is 2.52 bits per heavy atom. The second-order valence-electron chi connectivity index (χ2n) is 10.7. The summed E-state index contributed by atoms with van der Waals surface area (Å²) in [5, 5.41) is 19.8. The van der Waals surface area contributed by atoms with Gasteiger partial charge in [0.25, 0.3) is 0 Å². The van der Waals surface area contributed by atoms with E-state index in [9.17, 15) is 10.4 Å². The predicted octanol–water partition coefficient (Wildman–Crippen LogP) is 5.31. The van der Waals surface area contributed by atoms with Gasteiger partial charge in [-0.15, -0.1) is 0 Å². The topological polar surface area (TPSA) is 44.0 Å². The number of nitrogens with zero attached hydrogens (tertiary/aromatic N) is 1. The number of aliphatic hydroxyl groups is 1. The number of aliphatic hydroxyl groups excluding tert-OH is 1. The van der Waals surface area contributed by atoms with E-state index >= 15 is 0 Å². The van der Waals surface area contributed by atoms with Crippen LogP contribution in [-0.2, 0) is 0 Å². The van der Waals surface area contributed by atoms with Crippen LogP contribution in [0.2, 0.25) is 0 Å². The molecule has 1 spiro atoms. The maximum absolute atomic E-state index is 10.2. The first-order valence-corrected chi connectivity index (χ1v) is 11.1. The molecule has 5 unspecified atom stereocenters. The summed E-state index contributed by atoms with van der Waals surface area (Å²) in [6, 6.07) is 2.65. The summed E-state index contributed by atoms with van der Waals surface area (Å²) in [7, 11) is 0. The van der Waals surface area contributed by atoms with Crippen molar-refractivity contribution in [2.24, 2.45) is 46.3 Å². The molecule has 0 amide bonds. The van der Waals surface area contributed by atoms with E-state index in [1.807, 2.05) is 0 Å². The summed E-state index contributed by atoms with van der Waals surface area (Å²) in [6.45, 7) is 2.59. The third kappa shape index (κ3) is 2.24. The van der Waals surface area contributed by atoms with Gasteiger partial charge in [0.2, 0.25) is 0 Å². The fourth-order valence-corrected chi connectivity index (χ4v) is 9.08. The van der Waals surface area contributed by atoms with Crippen LogP contribution in [0.25, 0.3) is 0 Å². The second-order valence-corrected chi connectivity index (χ2v) is 10.7. The molecule has 5 saturated carbocycles. The van der Waals surface area contributed by atoms with Crippen molar-refractivity contribution in [1.29, 1.82) is 5.26 Å². The van der Waals surface area contributed by atoms with Crippen LogP contribution in [0.4, 0.5) is 0 Å². The molecule has 0 bridgehead atoms. The maximum Gasteiger partial charge on any atom is 0.0656 e. The molecule has 138 valence electrons. The molecule has 5 aliphatic carbocycles. The van der Waals surface area contributed by atoms with Gasteiger partial charge in [-0.25, -0.2) is 0 Å². The highest BCUT2D eigenvalue weighted by atomic mass is 16.3. The summed E-state index contributed by atoms with van der Waals surface area (Å²) in [5.41, 5.74) is 1.03. The molecule has 2 heteroatoms. The second kappa shape index (κ2) is 5.72. The van der Waals surface area contributed by atoms with Gasteiger partial charge in [0, 0.05) is 5.92 Å². The van der Waals surface area contributed by atoms with Crippen molar-refractivity contribution in [1.82, 2.24) is 0 Å². The largest absolute Gasteiger partial charge is 0.393 e. The lowest BCUT2D eigenvalue weighted by Gasteiger charge is -2.62. The molecule has 0 aliphatic heterocycles. The zero-order valence-corrected chi connectivity index (χ0v) is 15.9. The minimum absolute atomic E-state index is 0.0323. The number of nitriles is 1. The first-order valence-electron chi connectivity index (χ1n) is 11.1. The van der Waals surface area contributed by atoms with Gasteiger partial charge in [-0.3, -0.25) is 0 Å². The standard InChI is InChI=1S/C23H35NO/c1-22-10-8-18(25)12-17(22)4-6-19-20(22)9-11-23-13-15(14-24)2-3-16(23)5-7-21(19)23/h15-21,25H,2-13H2,1H3/t15-,16?,17-,18+,19?,20?,21?,22-,23?/m0/s1. The molecule has 0 heterocycles. The van der Waals surface area contributed by atoms with Gasteiger partial charge < -0.3 is 5.11 Å². The van der Waals surface area contributed by atoms with E-state index in [4.69, 9.17) is 0 Å². The summed E-state index contributed by atoms with van der Waals surface area (Å²) in [6.07, 6.45) is 15.5. The van der Waals surface area contributed by atoms with Gasteiger partial charge in [-0.2, -0.15) is 5.26 Å². The van der Waals surface area contributed by atoms with Crippen LogP contribution in [0.1, 0.15) is 84.0 Å². The van der Waals surface area contributed by atoms with Crippen molar-refractivity contribution in [3.8, 4) is 6.07 Å². The Balaban J connectivity index is 1.44. The zero-order valence-electron chi connectivity index (χ0n) is 15.9. The molecule has 5 rings (SSSR count). The average Bonchev–Trinajstić information content (AvgIpc) is 3.01. The number of rotatable bonds is 0. The Kier molecular flexibility index (Phi) is 3.80. The van der Waals surface area contributed by atoms with Crippen LogP contribution >= 0.6 is 0 Å². The highest BCUT2D eigenvalue weighted by Gasteiger charge is 2.62. The van der Waals surface area contributed by atoms with Crippen LogP contribution in [-0.4, -0.2) is 11.2 Å². The maximum atomic E-state index is 10.2. The Morgan fingerprint density at radius 2 is 1.68 bits per heavy atom. The molecule has 5 aliphatic rings. The van der Waals surface area contributed by atoms with Gasteiger partial charge in [-0.1, -0.05) is 6.92 Å². The predicted molar refractivity (Wildman–Crippen MR) is 98.5 cm³/mol. The molecular weight excluding hydrogens is 306 g/mol. The van der Waals surface area contributed by atoms with E-state index in [1.54, 1.807) is 0 Å². The van der Waals surface area contributed by atoms with Crippen molar-refractivity contribution in [2.75, 3.05) is 0 Å². The molecular formula is C23H35NO. The lowest BCUT2D eigenvalue weighted by Crippen LogP contribution is -2.55. The van der Waals surface area contributed by atoms with Crippen LogP contribution in [0.3, 0.4) is 0 Å². The number of hydrogen-bond acceptors (Lipinski definition) is 2. The fourth-order valence-electron chi connectivity index (χ4n) is 9.08. The van der Waals surface area contributed by atoms with Crippen molar-refractivity contribution in [2.45, 2.75) is 90.1 Å². The van der Waals surface area contributed by atoms with Crippen molar-refractivity contribution in [3.05, 3.63) is 0 Å². The lowest BCUT2D eigenvalue weighted by atomic mass is 9.43. The van der Waals surface area contributed by atoms with Crippen LogP contribution < -0.4 is 0 Å². The van der Waals surface area contributed by atoms with Gasteiger partial charge in [0.15, 0.2) is 0 Å².